The molecule has 1 N–H and O–H groups in total. The zero-order chi connectivity index (χ0) is 19.8. The SMILES string of the molecule is C=CCn1c(SC(CC)C(=O)NCc2ccccc2)nnc1-c1ccncc1. The van der Waals surface area contributed by atoms with Gasteiger partial charge < -0.3 is 5.32 Å². The van der Waals surface area contributed by atoms with Crippen LogP contribution in [0, 0.1) is 0 Å². The fraction of sp³-hybridized carbons (Fsp3) is 0.238. The van der Waals surface area contributed by atoms with E-state index in [1.807, 2.05) is 54.0 Å². The normalized spacial score (nSPS) is 11.8. The maximum atomic E-state index is 12.7. The van der Waals surface area contributed by atoms with Gasteiger partial charge in [-0.05, 0) is 24.1 Å². The summed E-state index contributed by atoms with van der Waals surface area (Å²) in [6, 6.07) is 13.7. The monoisotopic (exact) mass is 393 g/mol. The molecule has 3 rings (SSSR count). The van der Waals surface area contributed by atoms with E-state index in [0.29, 0.717) is 24.7 Å². The number of amides is 1. The molecule has 0 saturated carbocycles. The molecule has 0 bridgehead atoms. The van der Waals surface area contributed by atoms with Crippen LogP contribution in [0.2, 0.25) is 0 Å². The van der Waals surface area contributed by atoms with Crippen molar-refractivity contribution in [3.05, 3.63) is 73.1 Å². The maximum absolute atomic E-state index is 12.7. The Morgan fingerprint density at radius 3 is 2.64 bits per heavy atom. The van der Waals surface area contributed by atoms with E-state index in [1.165, 1.54) is 11.8 Å². The van der Waals surface area contributed by atoms with E-state index >= 15 is 0 Å². The average Bonchev–Trinajstić information content (AvgIpc) is 3.14. The van der Waals surface area contributed by atoms with Crippen LogP contribution in [-0.4, -0.2) is 30.9 Å². The molecule has 2 heterocycles. The number of carbonyl (C=O) groups excluding carboxylic acids is 1. The van der Waals surface area contributed by atoms with Crippen molar-refractivity contribution in [3.8, 4) is 11.4 Å². The summed E-state index contributed by atoms with van der Waals surface area (Å²) in [4.78, 5) is 16.7. The molecule has 3 aromatic rings. The topological polar surface area (TPSA) is 72.7 Å². The van der Waals surface area contributed by atoms with Gasteiger partial charge in [0.1, 0.15) is 0 Å². The van der Waals surface area contributed by atoms with Crippen LogP contribution in [0.15, 0.2) is 72.7 Å². The van der Waals surface area contributed by atoms with Crippen LogP contribution < -0.4 is 5.32 Å². The summed E-state index contributed by atoms with van der Waals surface area (Å²) in [7, 11) is 0. The van der Waals surface area contributed by atoms with Crippen LogP contribution in [0.25, 0.3) is 11.4 Å². The number of thioether (sulfide) groups is 1. The molecule has 0 aliphatic heterocycles. The molecular weight excluding hydrogens is 370 g/mol. The lowest BCUT2D eigenvalue weighted by Gasteiger charge is -2.15. The van der Waals surface area contributed by atoms with Crippen molar-refractivity contribution >= 4 is 17.7 Å². The summed E-state index contributed by atoms with van der Waals surface area (Å²) in [5.41, 5.74) is 2.00. The Labute approximate surface area is 169 Å². The summed E-state index contributed by atoms with van der Waals surface area (Å²) in [6.07, 6.45) is 5.94. The Balaban J connectivity index is 1.74. The molecule has 0 fully saturated rings. The predicted octanol–water partition coefficient (Wildman–Crippen LogP) is 3.71. The highest BCUT2D eigenvalue weighted by atomic mass is 32.2. The van der Waals surface area contributed by atoms with Gasteiger partial charge in [0.25, 0.3) is 0 Å². The van der Waals surface area contributed by atoms with E-state index in [9.17, 15) is 4.79 Å². The van der Waals surface area contributed by atoms with Gasteiger partial charge in [-0.15, -0.1) is 16.8 Å². The second-order valence-electron chi connectivity index (χ2n) is 6.16. The van der Waals surface area contributed by atoms with Gasteiger partial charge in [0.15, 0.2) is 11.0 Å². The molecule has 1 aromatic carbocycles. The highest BCUT2D eigenvalue weighted by Crippen LogP contribution is 2.28. The number of allylic oxidation sites excluding steroid dienone is 1. The van der Waals surface area contributed by atoms with Crippen LogP contribution in [0.5, 0.6) is 0 Å². The number of hydrogen-bond acceptors (Lipinski definition) is 5. The second-order valence-corrected chi connectivity index (χ2v) is 7.33. The van der Waals surface area contributed by atoms with Gasteiger partial charge in [0, 0.05) is 31.0 Å². The van der Waals surface area contributed by atoms with Gasteiger partial charge >= 0.3 is 0 Å². The van der Waals surface area contributed by atoms with Crippen molar-refractivity contribution in [3.63, 3.8) is 0 Å². The lowest BCUT2D eigenvalue weighted by Crippen LogP contribution is -2.32. The van der Waals surface area contributed by atoms with Gasteiger partial charge in [0.05, 0.1) is 5.25 Å². The number of carbonyl (C=O) groups is 1. The zero-order valence-electron chi connectivity index (χ0n) is 15.8. The molecule has 1 atom stereocenters. The van der Waals surface area contributed by atoms with Crippen LogP contribution in [-0.2, 0) is 17.9 Å². The van der Waals surface area contributed by atoms with E-state index in [-0.39, 0.29) is 11.2 Å². The Bertz CT molecular complexity index is 911. The number of nitrogens with zero attached hydrogens (tertiary/aromatic N) is 4. The molecular formula is C21H23N5OS. The Morgan fingerprint density at radius 1 is 1.21 bits per heavy atom. The molecule has 0 radical (unpaired) electrons. The first-order chi connectivity index (χ1) is 13.7. The quantitative estimate of drug-likeness (QED) is 0.443. The van der Waals surface area contributed by atoms with Crippen LogP contribution in [0.3, 0.4) is 0 Å². The molecule has 1 unspecified atom stereocenters. The summed E-state index contributed by atoms with van der Waals surface area (Å²) in [6.45, 7) is 6.91. The first-order valence-corrected chi connectivity index (χ1v) is 10.0. The summed E-state index contributed by atoms with van der Waals surface area (Å²) in [5, 5.41) is 12.1. The van der Waals surface area contributed by atoms with Gasteiger partial charge in [-0.2, -0.15) is 0 Å². The van der Waals surface area contributed by atoms with Crippen molar-refractivity contribution in [2.24, 2.45) is 0 Å². The molecule has 0 saturated heterocycles. The standard InChI is InChI=1S/C21H23N5OS/c1-3-14-26-19(17-10-12-22-13-11-17)24-25-21(26)28-18(4-2)20(27)23-15-16-8-6-5-7-9-16/h3,5-13,18H,1,4,14-15H2,2H3,(H,23,27). The highest BCUT2D eigenvalue weighted by molar-refractivity contribution is 8.00. The van der Waals surface area contributed by atoms with Crippen molar-refractivity contribution in [1.82, 2.24) is 25.1 Å². The minimum Gasteiger partial charge on any atom is -0.351 e. The number of hydrogen-bond donors (Lipinski definition) is 1. The van der Waals surface area contributed by atoms with Crippen molar-refractivity contribution in [2.75, 3.05) is 0 Å². The van der Waals surface area contributed by atoms with Crippen molar-refractivity contribution < 1.29 is 4.79 Å². The molecule has 0 aliphatic rings. The third kappa shape index (κ3) is 4.86. The number of rotatable bonds is 9. The first-order valence-electron chi connectivity index (χ1n) is 9.15. The van der Waals surface area contributed by atoms with Crippen LogP contribution >= 0.6 is 11.8 Å². The fourth-order valence-electron chi connectivity index (χ4n) is 2.73. The lowest BCUT2D eigenvalue weighted by atomic mass is 10.2. The van der Waals surface area contributed by atoms with Gasteiger partial charge in [-0.1, -0.05) is 55.1 Å². The molecule has 0 spiro atoms. The van der Waals surface area contributed by atoms with Crippen molar-refractivity contribution in [2.45, 2.75) is 36.8 Å². The fourth-order valence-corrected chi connectivity index (χ4v) is 3.72. The molecule has 7 heteroatoms. The minimum absolute atomic E-state index is 0.00466. The maximum Gasteiger partial charge on any atom is 0.233 e. The van der Waals surface area contributed by atoms with Gasteiger partial charge in [0.2, 0.25) is 5.91 Å². The van der Waals surface area contributed by atoms with E-state index in [4.69, 9.17) is 0 Å². The molecule has 144 valence electrons. The smallest absolute Gasteiger partial charge is 0.233 e. The number of pyridine rings is 1. The third-order valence-corrected chi connectivity index (χ3v) is 5.53. The third-order valence-electron chi connectivity index (χ3n) is 4.19. The zero-order valence-corrected chi connectivity index (χ0v) is 16.6. The predicted molar refractivity (Wildman–Crippen MR) is 112 cm³/mol. The lowest BCUT2D eigenvalue weighted by molar-refractivity contribution is -0.120. The molecule has 2 aromatic heterocycles. The molecule has 0 aliphatic carbocycles. The van der Waals surface area contributed by atoms with Gasteiger partial charge in [-0.25, -0.2) is 0 Å². The summed E-state index contributed by atoms with van der Waals surface area (Å²) in [5.74, 6) is 0.735. The number of benzene rings is 1. The Morgan fingerprint density at radius 2 is 1.96 bits per heavy atom. The average molecular weight is 394 g/mol. The van der Waals surface area contributed by atoms with Crippen molar-refractivity contribution in [1.29, 1.82) is 0 Å². The van der Waals surface area contributed by atoms with E-state index in [0.717, 1.165) is 17.0 Å². The van der Waals surface area contributed by atoms with Gasteiger partial charge in [-0.3, -0.25) is 14.3 Å². The number of nitrogens with one attached hydrogen (secondary N) is 1. The van der Waals surface area contributed by atoms with E-state index in [1.54, 1.807) is 18.5 Å². The molecule has 1 amide bonds. The minimum atomic E-state index is -0.248. The number of aromatic nitrogens is 4. The Hall–Kier alpha value is -2.93. The van der Waals surface area contributed by atoms with E-state index in [2.05, 4.69) is 27.1 Å². The van der Waals surface area contributed by atoms with Crippen LogP contribution in [0.4, 0.5) is 0 Å². The second kappa shape index (κ2) is 9.85. The molecule has 28 heavy (non-hydrogen) atoms. The van der Waals surface area contributed by atoms with E-state index < -0.39 is 0 Å². The summed E-state index contributed by atoms with van der Waals surface area (Å²) >= 11 is 1.43. The largest absolute Gasteiger partial charge is 0.351 e. The van der Waals surface area contributed by atoms with Crippen LogP contribution in [0.1, 0.15) is 18.9 Å². The Kier molecular flexibility index (Phi) is 6.97. The first kappa shape index (κ1) is 19.8. The summed E-state index contributed by atoms with van der Waals surface area (Å²) < 4.78 is 1.97. The highest BCUT2D eigenvalue weighted by Gasteiger charge is 2.22. The molecule has 6 nitrogen and oxygen atoms in total.